The van der Waals surface area contributed by atoms with Crippen molar-refractivity contribution in [3.05, 3.63) is 27.8 Å². The van der Waals surface area contributed by atoms with Gasteiger partial charge in [-0.15, -0.1) is 5.10 Å². The predicted octanol–water partition coefficient (Wildman–Crippen LogP) is -0.647. The number of aliphatic carboxylic acids is 1. The lowest BCUT2D eigenvalue weighted by molar-refractivity contribution is -0.136. The Labute approximate surface area is 83.4 Å². The van der Waals surface area contributed by atoms with E-state index in [0.717, 1.165) is 6.20 Å². The minimum absolute atomic E-state index is 0.184. The minimum Gasteiger partial charge on any atom is -0.481 e. The number of carbonyl (C=O) groups is 1. The van der Waals surface area contributed by atoms with E-state index in [2.05, 4.69) is 15.3 Å². The van der Waals surface area contributed by atoms with Crippen molar-refractivity contribution in [2.45, 2.75) is 13.3 Å². The molecular weight excluding hydrogens is 200 g/mol. The molecule has 0 aliphatic rings. The third kappa shape index (κ3) is 1.47. The Morgan fingerprint density at radius 1 is 1.67 bits per heavy atom. The number of hydrogen-bond acceptors (Lipinski definition) is 4. The standard InChI is InChI=1S/C8H8N4O3/c1-4-5(2-7(14)15)8-10-9-3-6(13)12(8)11-4/h3,11H,2H2,1H3,(H,14,15). The van der Waals surface area contributed by atoms with E-state index in [0.29, 0.717) is 11.3 Å². The molecule has 7 nitrogen and oxygen atoms in total. The van der Waals surface area contributed by atoms with Gasteiger partial charge in [0.1, 0.15) is 6.20 Å². The van der Waals surface area contributed by atoms with Crippen LogP contribution in [0.1, 0.15) is 11.3 Å². The van der Waals surface area contributed by atoms with Gasteiger partial charge >= 0.3 is 5.97 Å². The lowest BCUT2D eigenvalue weighted by Gasteiger charge is -1.93. The highest BCUT2D eigenvalue weighted by molar-refractivity contribution is 5.73. The Kier molecular flexibility index (Phi) is 2.00. The van der Waals surface area contributed by atoms with Gasteiger partial charge in [0, 0.05) is 11.3 Å². The highest BCUT2D eigenvalue weighted by atomic mass is 16.4. The van der Waals surface area contributed by atoms with E-state index in [1.165, 1.54) is 4.52 Å². The number of carboxylic acids is 1. The molecule has 2 rings (SSSR count). The van der Waals surface area contributed by atoms with Gasteiger partial charge in [-0.2, -0.15) is 9.61 Å². The molecule has 0 aliphatic heterocycles. The summed E-state index contributed by atoms with van der Waals surface area (Å²) >= 11 is 0. The normalized spacial score (nSPS) is 10.7. The van der Waals surface area contributed by atoms with Crippen LogP contribution in [0.25, 0.3) is 5.65 Å². The first-order chi connectivity index (χ1) is 7.09. The molecule has 0 saturated heterocycles. The molecule has 15 heavy (non-hydrogen) atoms. The maximum atomic E-state index is 11.3. The summed E-state index contributed by atoms with van der Waals surface area (Å²) in [6.45, 7) is 1.69. The van der Waals surface area contributed by atoms with Crippen molar-refractivity contribution in [3.63, 3.8) is 0 Å². The number of rotatable bonds is 2. The van der Waals surface area contributed by atoms with Gasteiger partial charge in [0.15, 0.2) is 5.65 Å². The minimum atomic E-state index is -0.974. The fourth-order valence-electron chi connectivity index (χ4n) is 1.41. The number of H-pyrrole nitrogens is 1. The second-order valence-electron chi connectivity index (χ2n) is 3.13. The molecule has 2 aromatic heterocycles. The summed E-state index contributed by atoms with van der Waals surface area (Å²) < 4.78 is 1.18. The number of aromatic amines is 1. The highest BCUT2D eigenvalue weighted by Gasteiger charge is 2.13. The Morgan fingerprint density at radius 2 is 2.40 bits per heavy atom. The Hall–Kier alpha value is -2.18. The van der Waals surface area contributed by atoms with E-state index in [1.807, 2.05) is 0 Å². The number of aromatic nitrogens is 4. The molecule has 78 valence electrons. The Balaban J connectivity index is 2.73. The molecular formula is C8H8N4O3. The summed E-state index contributed by atoms with van der Waals surface area (Å²) in [6, 6.07) is 0. The van der Waals surface area contributed by atoms with Crippen molar-refractivity contribution >= 4 is 11.6 Å². The van der Waals surface area contributed by atoms with Crippen LogP contribution in [0.15, 0.2) is 11.0 Å². The zero-order valence-corrected chi connectivity index (χ0v) is 7.89. The molecule has 0 aliphatic carbocycles. The van der Waals surface area contributed by atoms with E-state index in [1.54, 1.807) is 6.92 Å². The van der Waals surface area contributed by atoms with Gasteiger partial charge in [-0.3, -0.25) is 14.7 Å². The zero-order valence-electron chi connectivity index (χ0n) is 7.89. The molecule has 0 unspecified atom stereocenters. The summed E-state index contributed by atoms with van der Waals surface area (Å²) in [4.78, 5) is 21.9. The molecule has 2 aromatic rings. The highest BCUT2D eigenvalue weighted by Crippen LogP contribution is 2.11. The van der Waals surface area contributed by atoms with Crippen molar-refractivity contribution in [2.24, 2.45) is 0 Å². The van der Waals surface area contributed by atoms with Crippen LogP contribution >= 0.6 is 0 Å². The van der Waals surface area contributed by atoms with Crippen LogP contribution < -0.4 is 5.56 Å². The van der Waals surface area contributed by atoms with Gasteiger partial charge in [0.2, 0.25) is 0 Å². The molecule has 2 heterocycles. The molecule has 0 radical (unpaired) electrons. The van der Waals surface area contributed by atoms with E-state index in [9.17, 15) is 9.59 Å². The summed E-state index contributed by atoms with van der Waals surface area (Å²) in [5, 5.41) is 18.7. The van der Waals surface area contributed by atoms with Crippen LogP contribution in [-0.2, 0) is 11.2 Å². The molecule has 2 N–H and O–H groups in total. The summed E-state index contributed by atoms with van der Waals surface area (Å²) in [5.74, 6) is -0.974. The van der Waals surface area contributed by atoms with E-state index in [4.69, 9.17) is 5.11 Å². The van der Waals surface area contributed by atoms with Crippen molar-refractivity contribution in [2.75, 3.05) is 0 Å². The van der Waals surface area contributed by atoms with Crippen LogP contribution in [0.5, 0.6) is 0 Å². The number of carboxylic acid groups (broad SMARTS) is 1. The first kappa shape index (κ1) is 9.38. The monoisotopic (exact) mass is 208 g/mol. The van der Waals surface area contributed by atoms with Crippen molar-refractivity contribution in [1.82, 2.24) is 19.8 Å². The van der Waals surface area contributed by atoms with Crippen LogP contribution in [0.2, 0.25) is 0 Å². The largest absolute Gasteiger partial charge is 0.481 e. The smallest absolute Gasteiger partial charge is 0.308 e. The summed E-state index contributed by atoms with van der Waals surface area (Å²) in [7, 11) is 0. The number of hydrogen-bond donors (Lipinski definition) is 2. The maximum absolute atomic E-state index is 11.3. The second-order valence-corrected chi connectivity index (χ2v) is 3.13. The van der Waals surface area contributed by atoms with Crippen molar-refractivity contribution in [3.8, 4) is 0 Å². The first-order valence-electron chi connectivity index (χ1n) is 4.23. The fourth-order valence-corrected chi connectivity index (χ4v) is 1.41. The van der Waals surface area contributed by atoms with Crippen molar-refractivity contribution < 1.29 is 9.90 Å². The second kappa shape index (κ2) is 3.19. The van der Waals surface area contributed by atoms with Gasteiger partial charge in [-0.25, -0.2) is 0 Å². The molecule has 0 saturated carbocycles. The molecule has 0 amide bonds. The van der Waals surface area contributed by atoms with Crippen LogP contribution in [-0.4, -0.2) is 30.9 Å². The molecule has 0 bridgehead atoms. The van der Waals surface area contributed by atoms with Gasteiger partial charge in [0.25, 0.3) is 5.56 Å². The van der Waals surface area contributed by atoms with Gasteiger partial charge in [0.05, 0.1) is 6.42 Å². The predicted molar refractivity (Wildman–Crippen MR) is 49.7 cm³/mol. The SMILES string of the molecule is Cc1[nH]n2c(=O)cnnc2c1CC(=O)O. The maximum Gasteiger partial charge on any atom is 0.308 e. The Bertz CT molecular complexity index is 583. The molecule has 7 heteroatoms. The number of aryl methyl sites for hydroxylation is 1. The molecule has 0 aromatic carbocycles. The van der Waals surface area contributed by atoms with Gasteiger partial charge < -0.3 is 5.11 Å². The molecule has 0 fully saturated rings. The molecule has 0 spiro atoms. The van der Waals surface area contributed by atoms with Crippen LogP contribution in [0, 0.1) is 6.92 Å². The average molecular weight is 208 g/mol. The lowest BCUT2D eigenvalue weighted by atomic mass is 10.2. The number of nitrogens with zero attached hydrogens (tertiary/aromatic N) is 3. The quantitative estimate of drug-likeness (QED) is 0.683. The number of fused-ring (bicyclic) bond motifs is 1. The fraction of sp³-hybridized carbons (Fsp3) is 0.250. The summed E-state index contributed by atoms with van der Waals surface area (Å²) in [5.41, 5.74) is 0.991. The zero-order chi connectivity index (χ0) is 11.0. The number of nitrogens with one attached hydrogen (secondary N) is 1. The van der Waals surface area contributed by atoms with Crippen molar-refractivity contribution in [1.29, 1.82) is 0 Å². The van der Waals surface area contributed by atoms with E-state index in [-0.39, 0.29) is 17.6 Å². The summed E-state index contributed by atoms with van der Waals surface area (Å²) in [6.07, 6.45) is 0.879. The third-order valence-corrected chi connectivity index (χ3v) is 2.08. The first-order valence-corrected chi connectivity index (χ1v) is 4.23. The van der Waals surface area contributed by atoms with Crippen LogP contribution in [0.4, 0.5) is 0 Å². The topological polar surface area (TPSA) is 100 Å². The van der Waals surface area contributed by atoms with Crippen LogP contribution in [0.3, 0.4) is 0 Å². The molecule has 0 atom stereocenters. The van der Waals surface area contributed by atoms with E-state index >= 15 is 0 Å². The van der Waals surface area contributed by atoms with Gasteiger partial charge in [-0.1, -0.05) is 0 Å². The Morgan fingerprint density at radius 3 is 3.07 bits per heavy atom. The third-order valence-electron chi connectivity index (χ3n) is 2.08. The van der Waals surface area contributed by atoms with Gasteiger partial charge in [-0.05, 0) is 6.92 Å². The average Bonchev–Trinajstić information content (AvgIpc) is 2.45. The van der Waals surface area contributed by atoms with E-state index < -0.39 is 5.97 Å². The lowest BCUT2D eigenvalue weighted by Crippen LogP contribution is -2.15.